The number of benzene rings is 1. The van der Waals surface area contributed by atoms with Crippen molar-refractivity contribution in [1.29, 1.82) is 0 Å². The monoisotopic (exact) mass is 353 g/mol. The van der Waals surface area contributed by atoms with Gasteiger partial charge in [0.2, 0.25) is 5.91 Å². The minimum absolute atomic E-state index is 0.0114. The van der Waals surface area contributed by atoms with Crippen LogP contribution in [0.3, 0.4) is 0 Å². The number of carbonyl (C=O) groups excluding carboxylic acids is 1. The van der Waals surface area contributed by atoms with Crippen LogP contribution >= 0.6 is 11.6 Å². The van der Waals surface area contributed by atoms with Crippen LogP contribution in [0.15, 0.2) is 18.2 Å². The second-order valence-corrected chi connectivity index (χ2v) is 7.84. The van der Waals surface area contributed by atoms with E-state index in [9.17, 15) is 19.1 Å². The Morgan fingerprint density at radius 1 is 1.29 bits per heavy atom. The molecule has 130 valence electrons. The highest BCUT2D eigenvalue weighted by Crippen LogP contribution is 2.45. The molecular weight excluding hydrogens is 333 g/mol. The van der Waals surface area contributed by atoms with Gasteiger partial charge in [-0.25, -0.2) is 4.39 Å². The summed E-state index contributed by atoms with van der Waals surface area (Å²) in [5.74, 6) is -1.71. The van der Waals surface area contributed by atoms with Crippen molar-refractivity contribution in [2.75, 3.05) is 13.1 Å². The maximum absolute atomic E-state index is 14.3. The summed E-state index contributed by atoms with van der Waals surface area (Å²) in [6.07, 6.45) is 2.07. The summed E-state index contributed by atoms with van der Waals surface area (Å²) in [7, 11) is 0. The Balaban J connectivity index is 1.83. The van der Waals surface area contributed by atoms with Crippen LogP contribution in [0.4, 0.5) is 4.39 Å². The maximum atomic E-state index is 14.3. The van der Waals surface area contributed by atoms with Crippen LogP contribution in [0, 0.1) is 23.6 Å². The van der Waals surface area contributed by atoms with Crippen molar-refractivity contribution < 1.29 is 19.1 Å². The summed E-state index contributed by atoms with van der Waals surface area (Å²) in [6, 6.07) is 4.29. The van der Waals surface area contributed by atoms with E-state index in [2.05, 4.69) is 0 Å². The van der Waals surface area contributed by atoms with Crippen molar-refractivity contribution in [2.24, 2.45) is 17.8 Å². The highest BCUT2D eigenvalue weighted by atomic mass is 35.5. The smallest absolute Gasteiger partial charge is 0.308 e. The van der Waals surface area contributed by atoms with Gasteiger partial charge in [0.05, 0.1) is 11.3 Å². The zero-order valence-corrected chi connectivity index (χ0v) is 14.5. The number of carboxylic acid groups (broad SMARTS) is 1. The lowest BCUT2D eigenvalue weighted by molar-refractivity contribution is -0.143. The molecule has 2 atom stereocenters. The SMILES string of the molecule is CC(C)(C(=O)N1C[C@H](C(=O)O)[C@@H](C2CC2)C1)c1ccc(Cl)cc1F. The lowest BCUT2D eigenvalue weighted by Crippen LogP contribution is -2.43. The normalized spacial score (nSPS) is 24.2. The van der Waals surface area contributed by atoms with E-state index in [-0.39, 0.29) is 29.0 Å². The molecule has 1 saturated heterocycles. The summed E-state index contributed by atoms with van der Waals surface area (Å²) < 4.78 is 14.3. The van der Waals surface area contributed by atoms with Crippen molar-refractivity contribution in [1.82, 2.24) is 4.90 Å². The number of nitrogens with zero attached hydrogens (tertiary/aromatic N) is 1. The van der Waals surface area contributed by atoms with Gasteiger partial charge in [0.15, 0.2) is 0 Å². The van der Waals surface area contributed by atoms with Crippen LogP contribution in [0.2, 0.25) is 5.02 Å². The molecule has 6 heteroatoms. The van der Waals surface area contributed by atoms with Gasteiger partial charge in [0.25, 0.3) is 0 Å². The first-order valence-corrected chi connectivity index (χ1v) is 8.57. The molecule has 1 aromatic rings. The molecule has 1 aliphatic heterocycles. The first kappa shape index (κ1) is 17.2. The molecule has 0 aromatic heterocycles. The van der Waals surface area contributed by atoms with Crippen LogP contribution in [0.25, 0.3) is 0 Å². The quantitative estimate of drug-likeness (QED) is 0.903. The van der Waals surface area contributed by atoms with Gasteiger partial charge in [-0.2, -0.15) is 0 Å². The van der Waals surface area contributed by atoms with Crippen molar-refractivity contribution in [2.45, 2.75) is 32.1 Å². The molecule has 1 amide bonds. The highest BCUT2D eigenvalue weighted by molar-refractivity contribution is 6.30. The number of hydrogen-bond donors (Lipinski definition) is 1. The molecule has 0 unspecified atom stereocenters. The average Bonchev–Trinajstić information content (AvgIpc) is 3.24. The van der Waals surface area contributed by atoms with Gasteiger partial charge < -0.3 is 10.0 Å². The molecule has 1 heterocycles. The van der Waals surface area contributed by atoms with Gasteiger partial charge >= 0.3 is 5.97 Å². The van der Waals surface area contributed by atoms with Crippen molar-refractivity contribution in [3.8, 4) is 0 Å². The average molecular weight is 354 g/mol. The van der Waals surface area contributed by atoms with Crippen molar-refractivity contribution in [3.05, 3.63) is 34.6 Å². The summed E-state index contributed by atoms with van der Waals surface area (Å²) in [6.45, 7) is 3.98. The van der Waals surface area contributed by atoms with Crippen molar-refractivity contribution >= 4 is 23.5 Å². The molecule has 1 aliphatic carbocycles. The van der Waals surface area contributed by atoms with Crippen LogP contribution in [0.5, 0.6) is 0 Å². The van der Waals surface area contributed by atoms with E-state index in [1.165, 1.54) is 12.1 Å². The van der Waals surface area contributed by atoms with E-state index in [1.54, 1.807) is 24.8 Å². The fourth-order valence-corrected chi connectivity index (χ4v) is 3.92. The standard InChI is InChI=1S/C18H21ClFNO3/c1-18(2,14-6-5-11(19)7-15(14)20)17(24)21-8-12(10-3-4-10)13(9-21)16(22)23/h5-7,10,12-13H,3-4,8-9H2,1-2H3,(H,22,23)/t12-,13+/m1/s1. The van der Waals surface area contributed by atoms with E-state index < -0.39 is 23.1 Å². The van der Waals surface area contributed by atoms with Gasteiger partial charge in [-0.3, -0.25) is 9.59 Å². The molecule has 0 bridgehead atoms. The molecule has 0 spiro atoms. The third-order valence-electron chi connectivity index (χ3n) is 5.34. The lowest BCUT2D eigenvalue weighted by Gasteiger charge is -2.30. The fourth-order valence-electron chi connectivity index (χ4n) is 3.76. The number of halogens is 2. The van der Waals surface area contributed by atoms with Gasteiger partial charge in [-0.05, 0) is 50.7 Å². The van der Waals surface area contributed by atoms with E-state index >= 15 is 0 Å². The summed E-state index contributed by atoms with van der Waals surface area (Å²) in [4.78, 5) is 26.1. The Morgan fingerprint density at radius 2 is 1.96 bits per heavy atom. The second kappa shape index (κ2) is 6.03. The van der Waals surface area contributed by atoms with E-state index in [4.69, 9.17) is 11.6 Å². The van der Waals surface area contributed by atoms with Crippen LogP contribution in [0.1, 0.15) is 32.3 Å². The van der Waals surface area contributed by atoms with Crippen LogP contribution in [-0.4, -0.2) is 35.0 Å². The van der Waals surface area contributed by atoms with Crippen molar-refractivity contribution in [3.63, 3.8) is 0 Å². The number of carbonyl (C=O) groups is 2. The Labute approximate surface area is 145 Å². The maximum Gasteiger partial charge on any atom is 0.308 e. The summed E-state index contributed by atoms with van der Waals surface area (Å²) in [5, 5.41) is 9.72. The largest absolute Gasteiger partial charge is 0.481 e. The number of hydrogen-bond acceptors (Lipinski definition) is 2. The fraction of sp³-hybridized carbons (Fsp3) is 0.556. The number of aliphatic carboxylic acids is 1. The lowest BCUT2D eigenvalue weighted by atomic mass is 9.83. The number of carboxylic acids is 1. The molecular formula is C18H21ClFNO3. The topological polar surface area (TPSA) is 57.6 Å². The summed E-state index contributed by atoms with van der Waals surface area (Å²) >= 11 is 5.79. The molecule has 1 N–H and O–H groups in total. The molecule has 3 rings (SSSR count). The molecule has 1 aromatic carbocycles. The van der Waals surface area contributed by atoms with Gasteiger partial charge in [0, 0.05) is 23.7 Å². The minimum Gasteiger partial charge on any atom is -0.481 e. The number of rotatable bonds is 4. The minimum atomic E-state index is -1.07. The van der Waals surface area contributed by atoms with Gasteiger partial charge in [0.1, 0.15) is 5.82 Å². The highest BCUT2D eigenvalue weighted by Gasteiger charge is 2.49. The van der Waals surface area contributed by atoms with E-state index in [0.29, 0.717) is 12.5 Å². The van der Waals surface area contributed by atoms with Gasteiger partial charge in [-0.15, -0.1) is 0 Å². The van der Waals surface area contributed by atoms with Crippen LogP contribution in [-0.2, 0) is 15.0 Å². The first-order chi connectivity index (χ1) is 11.2. The zero-order valence-electron chi connectivity index (χ0n) is 13.8. The third-order valence-corrected chi connectivity index (χ3v) is 5.57. The Bertz CT molecular complexity index is 687. The molecule has 4 nitrogen and oxygen atoms in total. The summed E-state index contributed by atoms with van der Waals surface area (Å²) in [5.41, 5.74) is -0.797. The Kier molecular flexibility index (Phi) is 4.32. The van der Waals surface area contributed by atoms with Crippen LogP contribution < -0.4 is 0 Å². The Hall–Kier alpha value is -1.62. The predicted molar refractivity (Wildman–Crippen MR) is 88.4 cm³/mol. The molecule has 1 saturated carbocycles. The van der Waals surface area contributed by atoms with Gasteiger partial charge in [-0.1, -0.05) is 17.7 Å². The number of amides is 1. The first-order valence-electron chi connectivity index (χ1n) is 8.19. The van der Waals surface area contributed by atoms with E-state index in [0.717, 1.165) is 12.8 Å². The molecule has 2 aliphatic rings. The van der Waals surface area contributed by atoms with E-state index in [1.807, 2.05) is 0 Å². The molecule has 24 heavy (non-hydrogen) atoms. The predicted octanol–water partition coefficient (Wildman–Crippen LogP) is 3.33. The number of likely N-dealkylation sites (tertiary alicyclic amines) is 1. The Morgan fingerprint density at radius 3 is 2.50 bits per heavy atom. The third kappa shape index (κ3) is 3.02. The molecule has 0 radical (unpaired) electrons. The molecule has 2 fully saturated rings. The second-order valence-electron chi connectivity index (χ2n) is 7.41. The zero-order chi connectivity index (χ0) is 17.6.